The van der Waals surface area contributed by atoms with Crippen molar-refractivity contribution in [2.75, 3.05) is 18.6 Å². The number of methoxy groups -OCH3 is 1. The lowest BCUT2D eigenvalue weighted by Crippen LogP contribution is -2.16. The van der Waals surface area contributed by atoms with Crippen LogP contribution in [0.3, 0.4) is 0 Å². The molecule has 8 heteroatoms. The summed E-state index contributed by atoms with van der Waals surface area (Å²) >= 11 is 0. The summed E-state index contributed by atoms with van der Waals surface area (Å²) in [4.78, 5) is 26.7. The van der Waals surface area contributed by atoms with Crippen molar-refractivity contribution >= 4 is 28.1 Å². The van der Waals surface area contributed by atoms with E-state index in [1.54, 1.807) is 31.6 Å². The first-order valence-electron chi connectivity index (χ1n) is 9.45. The van der Waals surface area contributed by atoms with Crippen LogP contribution in [0.2, 0.25) is 0 Å². The number of nitrogens with zero attached hydrogens (tertiary/aromatic N) is 5. The summed E-state index contributed by atoms with van der Waals surface area (Å²) in [5, 5.41) is 12.1. The van der Waals surface area contributed by atoms with Crippen LogP contribution in [-0.4, -0.2) is 33.5 Å². The van der Waals surface area contributed by atoms with E-state index < -0.39 is 0 Å². The van der Waals surface area contributed by atoms with Crippen LogP contribution in [-0.2, 0) is 6.42 Å². The van der Waals surface area contributed by atoms with E-state index in [4.69, 9.17) is 14.7 Å². The minimum Gasteiger partial charge on any atom is -0.497 e. The molecular weight excluding hydrogens is 382 g/mol. The highest BCUT2D eigenvalue weighted by molar-refractivity contribution is 5.95. The third-order valence-electron chi connectivity index (χ3n) is 5.23. The van der Waals surface area contributed by atoms with E-state index in [1.165, 1.54) is 0 Å². The molecule has 30 heavy (non-hydrogen) atoms. The van der Waals surface area contributed by atoms with Gasteiger partial charge in [-0.05, 0) is 42.3 Å². The number of fused-ring (bicyclic) bond motifs is 2. The number of pyridine rings is 1. The molecule has 0 unspecified atom stereocenters. The molecule has 0 amide bonds. The number of anilines is 2. The molecule has 8 nitrogen and oxygen atoms in total. The maximum absolute atomic E-state index is 11.3. The van der Waals surface area contributed by atoms with Crippen molar-refractivity contribution in [3.8, 4) is 17.1 Å². The number of nitro groups is 1. The van der Waals surface area contributed by atoms with Gasteiger partial charge in [-0.1, -0.05) is 6.07 Å². The number of hydrogen-bond acceptors (Lipinski definition) is 7. The van der Waals surface area contributed by atoms with Gasteiger partial charge in [0.05, 0.1) is 23.2 Å². The molecule has 0 saturated heterocycles. The molecule has 0 atom stereocenters. The number of non-ortho nitro benzene ring substituents is 1. The summed E-state index contributed by atoms with van der Waals surface area (Å²) in [7, 11) is 1.61. The first-order chi connectivity index (χ1) is 14.6. The van der Waals surface area contributed by atoms with Crippen LogP contribution < -0.4 is 9.64 Å². The number of benzene rings is 2. The quantitative estimate of drug-likeness (QED) is 0.373. The molecule has 148 valence electrons. The third kappa shape index (κ3) is 2.98. The van der Waals surface area contributed by atoms with Gasteiger partial charge in [0.2, 0.25) is 0 Å². The lowest BCUT2D eigenvalue weighted by Gasteiger charge is -2.21. The summed E-state index contributed by atoms with van der Waals surface area (Å²) in [6.45, 7) is 0.673. The van der Waals surface area contributed by atoms with E-state index >= 15 is 0 Å². The summed E-state index contributed by atoms with van der Waals surface area (Å²) in [5.74, 6) is 1.94. The summed E-state index contributed by atoms with van der Waals surface area (Å²) in [5.41, 5.74) is 3.47. The lowest BCUT2D eigenvalue weighted by atomic mass is 10.1. The Morgan fingerprint density at radius 2 is 2.03 bits per heavy atom. The molecule has 1 aliphatic heterocycles. The van der Waals surface area contributed by atoms with Crippen LogP contribution in [0, 0.1) is 10.1 Å². The fourth-order valence-electron chi connectivity index (χ4n) is 3.75. The molecule has 0 N–H and O–H groups in total. The van der Waals surface area contributed by atoms with E-state index in [-0.39, 0.29) is 10.6 Å². The van der Waals surface area contributed by atoms with Crippen molar-refractivity contribution in [2.24, 2.45) is 0 Å². The zero-order valence-electron chi connectivity index (χ0n) is 16.1. The molecule has 0 fully saturated rings. The Morgan fingerprint density at radius 1 is 1.13 bits per heavy atom. The molecule has 4 aromatic rings. The molecule has 5 rings (SSSR count). The van der Waals surface area contributed by atoms with E-state index in [9.17, 15) is 10.1 Å². The van der Waals surface area contributed by atoms with Gasteiger partial charge in [-0.25, -0.2) is 9.97 Å². The van der Waals surface area contributed by atoms with Crippen LogP contribution in [0.5, 0.6) is 5.75 Å². The highest BCUT2D eigenvalue weighted by atomic mass is 16.6. The Morgan fingerprint density at radius 3 is 2.80 bits per heavy atom. The zero-order chi connectivity index (χ0) is 20.7. The second kappa shape index (κ2) is 7.07. The van der Waals surface area contributed by atoms with Crippen molar-refractivity contribution < 1.29 is 9.66 Å². The lowest BCUT2D eigenvalue weighted by molar-refractivity contribution is -0.384. The number of rotatable bonds is 4. The maximum atomic E-state index is 11.3. The van der Waals surface area contributed by atoms with Gasteiger partial charge in [0, 0.05) is 42.0 Å². The Balaban J connectivity index is 1.74. The molecular formula is C22H17N5O3. The molecule has 2 aromatic carbocycles. The summed E-state index contributed by atoms with van der Waals surface area (Å²) in [6, 6.07) is 14.4. The molecule has 2 aromatic heterocycles. The Kier molecular flexibility index (Phi) is 4.24. The molecule has 0 bridgehead atoms. The maximum Gasteiger partial charge on any atom is 0.271 e. The van der Waals surface area contributed by atoms with Crippen molar-refractivity contribution in [3.63, 3.8) is 0 Å². The third-order valence-corrected chi connectivity index (χ3v) is 5.23. The topological polar surface area (TPSA) is 94.3 Å². The van der Waals surface area contributed by atoms with Crippen LogP contribution in [0.1, 0.15) is 5.56 Å². The van der Waals surface area contributed by atoms with Crippen LogP contribution in [0.4, 0.5) is 17.2 Å². The minimum atomic E-state index is -0.376. The SMILES string of the molecule is COc1ccc2nc(-c3cccnc3)nc(N3CCc4ccc([N+](=O)[O-])cc43)c2c1. The first kappa shape index (κ1) is 18.0. The molecule has 0 saturated carbocycles. The van der Waals surface area contributed by atoms with Crippen LogP contribution in [0.15, 0.2) is 60.9 Å². The fraction of sp³-hybridized carbons (Fsp3) is 0.136. The molecule has 0 spiro atoms. The molecule has 0 radical (unpaired) electrons. The standard InChI is InChI=1S/C22H17N5O3/c1-30-17-6-7-19-18(12-17)22(25-21(24-19)15-3-2-9-23-13-15)26-10-8-14-4-5-16(27(28)29)11-20(14)26/h2-7,9,11-13H,8,10H2,1H3. The highest BCUT2D eigenvalue weighted by Gasteiger charge is 2.26. The van der Waals surface area contributed by atoms with Crippen LogP contribution in [0.25, 0.3) is 22.3 Å². The van der Waals surface area contributed by atoms with Gasteiger partial charge in [-0.15, -0.1) is 0 Å². The van der Waals surface area contributed by atoms with Crippen molar-refractivity contribution in [1.29, 1.82) is 0 Å². The fourth-order valence-corrected chi connectivity index (χ4v) is 3.75. The van der Waals surface area contributed by atoms with E-state index in [0.717, 1.165) is 34.1 Å². The minimum absolute atomic E-state index is 0.0593. The monoisotopic (exact) mass is 399 g/mol. The van der Waals surface area contributed by atoms with Crippen LogP contribution >= 0.6 is 0 Å². The summed E-state index contributed by atoms with van der Waals surface area (Å²) in [6.07, 6.45) is 4.20. The average molecular weight is 399 g/mol. The zero-order valence-corrected chi connectivity index (χ0v) is 16.1. The number of hydrogen-bond donors (Lipinski definition) is 0. The molecule has 0 aliphatic carbocycles. The van der Waals surface area contributed by atoms with Crippen molar-refractivity contribution in [2.45, 2.75) is 6.42 Å². The Labute approximate surface area is 172 Å². The molecule has 1 aliphatic rings. The van der Waals surface area contributed by atoms with Gasteiger partial charge in [-0.3, -0.25) is 15.1 Å². The van der Waals surface area contributed by atoms with Gasteiger partial charge < -0.3 is 9.64 Å². The van der Waals surface area contributed by atoms with E-state index in [1.807, 2.05) is 41.3 Å². The second-order valence-corrected chi connectivity index (χ2v) is 6.97. The van der Waals surface area contributed by atoms with Crippen molar-refractivity contribution in [3.05, 3.63) is 76.6 Å². The van der Waals surface area contributed by atoms with Gasteiger partial charge in [0.15, 0.2) is 5.82 Å². The molecule has 3 heterocycles. The predicted molar refractivity (Wildman–Crippen MR) is 113 cm³/mol. The smallest absolute Gasteiger partial charge is 0.271 e. The largest absolute Gasteiger partial charge is 0.497 e. The van der Waals surface area contributed by atoms with Gasteiger partial charge in [0.25, 0.3) is 5.69 Å². The number of ether oxygens (including phenoxy) is 1. The number of nitro benzene ring substituents is 1. The van der Waals surface area contributed by atoms with Gasteiger partial charge in [-0.2, -0.15) is 0 Å². The van der Waals surface area contributed by atoms with Gasteiger partial charge in [0.1, 0.15) is 11.6 Å². The Hall–Kier alpha value is -4.07. The predicted octanol–water partition coefficient (Wildman–Crippen LogP) is 4.30. The Bertz CT molecular complexity index is 1280. The normalized spacial score (nSPS) is 12.8. The van der Waals surface area contributed by atoms with E-state index in [2.05, 4.69) is 4.98 Å². The average Bonchev–Trinajstić information content (AvgIpc) is 3.21. The number of aromatic nitrogens is 3. The van der Waals surface area contributed by atoms with E-state index in [0.29, 0.717) is 23.9 Å². The van der Waals surface area contributed by atoms with Crippen molar-refractivity contribution in [1.82, 2.24) is 15.0 Å². The highest BCUT2D eigenvalue weighted by Crippen LogP contribution is 2.40. The van der Waals surface area contributed by atoms with Gasteiger partial charge >= 0.3 is 0 Å². The summed E-state index contributed by atoms with van der Waals surface area (Å²) < 4.78 is 5.40. The first-order valence-corrected chi connectivity index (χ1v) is 9.45. The second-order valence-electron chi connectivity index (χ2n) is 6.97.